The Kier molecular flexibility index (Phi) is 4.15. The SMILES string of the molecule is Cl.ON=Cc1cccnn1. The predicted octanol–water partition coefficient (Wildman–Crippen LogP) is 0.707. The normalized spacial score (nSPS) is 9.20. The molecule has 0 unspecified atom stereocenters. The van der Waals surface area contributed by atoms with Crippen molar-refractivity contribution < 1.29 is 5.21 Å². The van der Waals surface area contributed by atoms with Crippen molar-refractivity contribution >= 4 is 18.6 Å². The molecule has 0 fully saturated rings. The van der Waals surface area contributed by atoms with Crippen LogP contribution in [0.25, 0.3) is 0 Å². The summed E-state index contributed by atoms with van der Waals surface area (Å²) < 4.78 is 0. The molecular formula is C5H6ClN3O. The Labute approximate surface area is 64.0 Å². The maximum Gasteiger partial charge on any atom is 0.107 e. The number of hydrogen-bond donors (Lipinski definition) is 1. The fraction of sp³-hybridized carbons (Fsp3) is 0. The maximum atomic E-state index is 8.02. The topological polar surface area (TPSA) is 58.4 Å². The molecule has 0 aliphatic rings. The van der Waals surface area contributed by atoms with Crippen LogP contribution in [0, 0.1) is 0 Å². The number of rotatable bonds is 1. The average Bonchev–Trinajstić information content (AvgIpc) is 1.91. The van der Waals surface area contributed by atoms with E-state index in [-0.39, 0.29) is 12.4 Å². The summed E-state index contributed by atoms with van der Waals surface area (Å²) in [5, 5.41) is 18.0. The third-order valence-corrected chi connectivity index (χ3v) is 0.783. The molecule has 1 N–H and O–H groups in total. The van der Waals surface area contributed by atoms with Gasteiger partial charge in [0.15, 0.2) is 0 Å². The van der Waals surface area contributed by atoms with Crippen LogP contribution in [0.5, 0.6) is 0 Å². The first-order valence-electron chi connectivity index (χ1n) is 2.38. The summed E-state index contributed by atoms with van der Waals surface area (Å²) in [7, 11) is 0. The number of aromatic nitrogens is 2. The van der Waals surface area contributed by atoms with Gasteiger partial charge in [-0.05, 0) is 12.1 Å². The smallest absolute Gasteiger partial charge is 0.107 e. The molecule has 10 heavy (non-hydrogen) atoms. The predicted molar refractivity (Wildman–Crippen MR) is 38.7 cm³/mol. The molecule has 0 atom stereocenters. The molecule has 0 radical (unpaired) electrons. The van der Waals surface area contributed by atoms with Crippen LogP contribution in [0.4, 0.5) is 0 Å². The van der Waals surface area contributed by atoms with Crippen molar-refractivity contribution in [1.82, 2.24) is 10.2 Å². The second-order valence-corrected chi connectivity index (χ2v) is 1.39. The van der Waals surface area contributed by atoms with Gasteiger partial charge >= 0.3 is 0 Å². The summed E-state index contributed by atoms with van der Waals surface area (Å²) in [6.45, 7) is 0. The van der Waals surface area contributed by atoms with Gasteiger partial charge in [-0.3, -0.25) is 0 Å². The van der Waals surface area contributed by atoms with E-state index in [1.807, 2.05) is 0 Å². The summed E-state index contributed by atoms with van der Waals surface area (Å²) in [5.41, 5.74) is 0.542. The highest BCUT2D eigenvalue weighted by atomic mass is 35.5. The van der Waals surface area contributed by atoms with Crippen molar-refractivity contribution in [2.45, 2.75) is 0 Å². The standard InChI is InChI=1S/C5H5N3O.ClH/c9-7-4-5-2-1-3-6-8-5;/h1-4,9H;1H. The molecule has 0 aliphatic carbocycles. The van der Waals surface area contributed by atoms with Crippen molar-refractivity contribution in [3.05, 3.63) is 24.0 Å². The molecular weight excluding hydrogens is 154 g/mol. The second kappa shape index (κ2) is 4.69. The van der Waals surface area contributed by atoms with E-state index < -0.39 is 0 Å². The van der Waals surface area contributed by atoms with E-state index in [0.717, 1.165) is 0 Å². The van der Waals surface area contributed by atoms with Gasteiger partial charge in [0, 0.05) is 6.20 Å². The highest BCUT2D eigenvalue weighted by Gasteiger charge is 1.83. The zero-order valence-corrected chi connectivity index (χ0v) is 5.82. The number of hydrogen-bond acceptors (Lipinski definition) is 4. The minimum Gasteiger partial charge on any atom is -0.411 e. The molecule has 1 rings (SSSR count). The number of halogens is 1. The first kappa shape index (κ1) is 8.84. The molecule has 1 heterocycles. The largest absolute Gasteiger partial charge is 0.411 e. The highest BCUT2D eigenvalue weighted by molar-refractivity contribution is 5.85. The van der Waals surface area contributed by atoms with Crippen LogP contribution in [0.15, 0.2) is 23.5 Å². The molecule has 1 aromatic rings. The summed E-state index contributed by atoms with van der Waals surface area (Å²) in [6.07, 6.45) is 2.77. The Hall–Kier alpha value is -1.16. The Balaban J connectivity index is 0.000000810. The van der Waals surface area contributed by atoms with Gasteiger partial charge in [-0.15, -0.1) is 17.5 Å². The van der Waals surface area contributed by atoms with Crippen molar-refractivity contribution in [3.63, 3.8) is 0 Å². The van der Waals surface area contributed by atoms with Gasteiger partial charge in [-0.2, -0.15) is 5.10 Å². The van der Waals surface area contributed by atoms with Gasteiger partial charge < -0.3 is 5.21 Å². The lowest BCUT2D eigenvalue weighted by Crippen LogP contribution is -1.87. The van der Waals surface area contributed by atoms with E-state index in [1.165, 1.54) is 6.21 Å². The van der Waals surface area contributed by atoms with Gasteiger partial charge in [0.25, 0.3) is 0 Å². The second-order valence-electron chi connectivity index (χ2n) is 1.39. The molecule has 0 saturated carbocycles. The quantitative estimate of drug-likeness (QED) is 0.373. The fourth-order valence-electron chi connectivity index (χ4n) is 0.441. The van der Waals surface area contributed by atoms with Crippen LogP contribution in [-0.2, 0) is 0 Å². The van der Waals surface area contributed by atoms with Gasteiger partial charge in [-0.25, -0.2) is 0 Å². The molecule has 0 spiro atoms. The summed E-state index contributed by atoms with van der Waals surface area (Å²) >= 11 is 0. The van der Waals surface area contributed by atoms with E-state index in [4.69, 9.17) is 5.21 Å². The Bertz CT molecular complexity index is 201. The van der Waals surface area contributed by atoms with Crippen LogP contribution in [0.3, 0.4) is 0 Å². The minimum absolute atomic E-state index is 0. The molecule has 4 nitrogen and oxygen atoms in total. The fourth-order valence-corrected chi connectivity index (χ4v) is 0.441. The van der Waals surface area contributed by atoms with Crippen LogP contribution in [-0.4, -0.2) is 21.6 Å². The molecule has 0 saturated heterocycles. The van der Waals surface area contributed by atoms with Gasteiger partial charge in [-0.1, -0.05) is 5.16 Å². The first-order chi connectivity index (χ1) is 4.43. The van der Waals surface area contributed by atoms with Crippen LogP contribution in [0.1, 0.15) is 5.69 Å². The first-order valence-corrected chi connectivity index (χ1v) is 2.38. The van der Waals surface area contributed by atoms with Gasteiger partial charge in [0.1, 0.15) is 5.69 Å². The molecule has 1 aromatic heterocycles. The lowest BCUT2D eigenvalue weighted by molar-refractivity contribution is 0.321. The highest BCUT2D eigenvalue weighted by Crippen LogP contribution is 1.83. The molecule has 0 amide bonds. The Morgan fingerprint density at radius 3 is 2.90 bits per heavy atom. The maximum absolute atomic E-state index is 8.02. The van der Waals surface area contributed by atoms with Gasteiger partial charge in [0.2, 0.25) is 0 Å². The van der Waals surface area contributed by atoms with Gasteiger partial charge in [0.05, 0.1) is 6.21 Å². The summed E-state index contributed by atoms with van der Waals surface area (Å²) in [6, 6.07) is 3.40. The molecule has 0 aliphatic heterocycles. The minimum atomic E-state index is 0. The Morgan fingerprint density at radius 1 is 1.60 bits per heavy atom. The molecule has 0 bridgehead atoms. The Morgan fingerprint density at radius 2 is 2.40 bits per heavy atom. The lowest BCUT2D eigenvalue weighted by atomic mass is 10.4. The zero-order chi connectivity index (χ0) is 6.53. The molecule has 54 valence electrons. The van der Waals surface area contributed by atoms with Crippen molar-refractivity contribution in [2.24, 2.45) is 5.16 Å². The summed E-state index contributed by atoms with van der Waals surface area (Å²) in [5.74, 6) is 0. The van der Waals surface area contributed by atoms with E-state index >= 15 is 0 Å². The number of oxime groups is 1. The van der Waals surface area contributed by atoms with Crippen molar-refractivity contribution in [1.29, 1.82) is 0 Å². The van der Waals surface area contributed by atoms with Crippen LogP contribution >= 0.6 is 12.4 Å². The molecule has 5 heteroatoms. The monoisotopic (exact) mass is 159 g/mol. The van der Waals surface area contributed by atoms with E-state index in [2.05, 4.69) is 15.4 Å². The van der Waals surface area contributed by atoms with E-state index in [1.54, 1.807) is 18.3 Å². The van der Waals surface area contributed by atoms with E-state index in [9.17, 15) is 0 Å². The van der Waals surface area contributed by atoms with E-state index in [0.29, 0.717) is 5.69 Å². The third-order valence-electron chi connectivity index (χ3n) is 0.783. The summed E-state index contributed by atoms with van der Waals surface area (Å²) in [4.78, 5) is 0. The number of nitrogens with zero attached hydrogens (tertiary/aromatic N) is 3. The molecule has 0 aromatic carbocycles. The average molecular weight is 160 g/mol. The van der Waals surface area contributed by atoms with Crippen molar-refractivity contribution in [3.8, 4) is 0 Å². The lowest BCUT2D eigenvalue weighted by Gasteiger charge is -1.83. The van der Waals surface area contributed by atoms with Crippen LogP contribution in [0.2, 0.25) is 0 Å². The van der Waals surface area contributed by atoms with Crippen molar-refractivity contribution in [2.75, 3.05) is 0 Å². The van der Waals surface area contributed by atoms with Crippen LogP contribution < -0.4 is 0 Å². The zero-order valence-electron chi connectivity index (χ0n) is 5.01. The third kappa shape index (κ3) is 2.41.